The first-order chi connectivity index (χ1) is 21.8. The van der Waals surface area contributed by atoms with E-state index in [9.17, 15) is 4.79 Å². The Bertz CT molecular complexity index is 1720. The van der Waals surface area contributed by atoms with Gasteiger partial charge in [-0.2, -0.15) is 0 Å². The van der Waals surface area contributed by atoms with Crippen molar-refractivity contribution in [3.63, 3.8) is 0 Å². The number of rotatable bonds is 7. The van der Waals surface area contributed by atoms with Crippen LogP contribution in [0.1, 0.15) is 36.9 Å². The van der Waals surface area contributed by atoms with Crippen molar-refractivity contribution in [2.24, 2.45) is 11.8 Å². The van der Waals surface area contributed by atoms with Crippen LogP contribution in [0.4, 0.5) is 15.0 Å². The van der Waals surface area contributed by atoms with Crippen LogP contribution in [0.25, 0.3) is 27.8 Å². The van der Waals surface area contributed by atoms with Crippen molar-refractivity contribution in [3.05, 3.63) is 71.3 Å². The summed E-state index contributed by atoms with van der Waals surface area (Å²) in [6.45, 7) is 5.70. The number of urea groups is 1. The highest BCUT2D eigenvalue weighted by molar-refractivity contribution is 6.05. The second-order valence-electron chi connectivity index (χ2n) is 12.0. The predicted molar refractivity (Wildman–Crippen MR) is 175 cm³/mol. The Hall–Kier alpha value is -4.42. The number of aromatic nitrogens is 3. The molecule has 11 nitrogen and oxygen atoms in total. The Kier molecular flexibility index (Phi) is 8.77. The summed E-state index contributed by atoms with van der Waals surface area (Å²) in [6, 6.07) is 12.9. The van der Waals surface area contributed by atoms with Crippen molar-refractivity contribution in [2.45, 2.75) is 25.8 Å². The van der Waals surface area contributed by atoms with E-state index >= 15 is 4.39 Å². The number of piperazine rings is 1. The highest BCUT2D eigenvalue weighted by atomic mass is 19.1. The van der Waals surface area contributed by atoms with Crippen molar-refractivity contribution in [2.75, 3.05) is 65.4 Å². The smallest absolute Gasteiger partial charge is 0.319 e. The van der Waals surface area contributed by atoms with Gasteiger partial charge in [-0.25, -0.2) is 14.2 Å². The molecule has 0 bridgehead atoms. The monoisotopic (exact) mass is 615 g/mol. The first-order valence-electron chi connectivity index (χ1n) is 15.5. The molecular formula is C33H42FN9O2. The minimum absolute atomic E-state index is 0.0133. The number of carbonyl (C=O) groups excluding carboxylic acids is 1. The van der Waals surface area contributed by atoms with Crippen LogP contribution in [0.5, 0.6) is 0 Å². The lowest BCUT2D eigenvalue weighted by Gasteiger charge is -2.36. The number of benzene rings is 1. The van der Waals surface area contributed by atoms with Crippen molar-refractivity contribution in [1.29, 1.82) is 0 Å². The molecule has 0 saturated carbocycles. The van der Waals surface area contributed by atoms with E-state index in [4.69, 9.17) is 20.5 Å². The lowest BCUT2D eigenvalue weighted by Crippen LogP contribution is -2.51. The molecule has 2 amide bonds. The molecule has 4 aromatic rings. The molecule has 0 unspecified atom stereocenters. The van der Waals surface area contributed by atoms with Gasteiger partial charge >= 0.3 is 6.03 Å². The Morgan fingerprint density at radius 1 is 1.11 bits per heavy atom. The van der Waals surface area contributed by atoms with E-state index in [1.54, 1.807) is 25.1 Å². The average molecular weight is 616 g/mol. The Morgan fingerprint density at radius 2 is 1.84 bits per heavy atom. The number of allylic oxidation sites excluding steroid dienone is 1. The van der Waals surface area contributed by atoms with Gasteiger partial charge in [-0.05, 0) is 49.9 Å². The summed E-state index contributed by atoms with van der Waals surface area (Å²) in [6.07, 6.45) is 3.43. The van der Waals surface area contributed by atoms with E-state index in [-0.39, 0.29) is 23.8 Å². The molecule has 6 rings (SSSR count). The van der Waals surface area contributed by atoms with Crippen LogP contribution in [0.3, 0.4) is 0 Å². The summed E-state index contributed by atoms with van der Waals surface area (Å²) in [5.41, 5.74) is 8.23. The molecule has 45 heavy (non-hydrogen) atoms. The number of ether oxygens (including phenoxy) is 1. The third kappa shape index (κ3) is 5.75. The molecule has 3 aromatic heterocycles. The SMILES string of the molecule is CN/C(=C(/C)NN)c1cnc2c3ccc(N4CCN(C(=O)N(C)C)CC4)nc3n([C@H](c3ccccc3F)C3CCOCC3)c2c1. The van der Waals surface area contributed by atoms with E-state index in [0.29, 0.717) is 45.0 Å². The lowest BCUT2D eigenvalue weighted by atomic mass is 9.86. The molecule has 238 valence electrons. The van der Waals surface area contributed by atoms with Crippen LogP contribution < -0.4 is 21.5 Å². The summed E-state index contributed by atoms with van der Waals surface area (Å²) in [5, 5.41) is 4.15. The average Bonchev–Trinajstić information content (AvgIpc) is 3.38. The molecule has 12 heteroatoms. The summed E-state index contributed by atoms with van der Waals surface area (Å²) in [7, 11) is 5.39. The molecular weight excluding hydrogens is 573 g/mol. The van der Waals surface area contributed by atoms with Crippen molar-refractivity contribution in [3.8, 4) is 0 Å². The molecule has 1 atom stereocenters. The molecule has 2 aliphatic heterocycles. The fourth-order valence-corrected chi connectivity index (χ4v) is 6.74. The zero-order valence-electron chi connectivity index (χ0n) is 26.4. The van der Waals surface area contributed by atoms with Crippen LogP contribution in [0, 0.1) is 11.7 Å². The quantitative estimate of drug-likeness (QED) is 0.212. The second kappa shape index (κ2) is 12.9. The predicted octanol–water partition coefficient (Wildman–Crippen LogP) is 3.91. The maximum Gasteiger partial charge on any atom is 0.319 e. The Balaban J connectivity index is 1.55. The van der Waals surface area contributed by atoms with Gasteiger partial charge in [0.05, 0.1) is 22.8 Å². The molecule has 1 aromatic carbocycles. The number of carbonyl (C=O) groups is 1. The summed E-state index contributed by atoms with van der Waals surface area (Å²) in [4.78, 5) is 28.5. The van der Waals surface area contributed by atoms with E-state index in [0.717, 1.165) is 57.7 Å². The molecule has 5 heterocycles. The minimum Gasteiger partial charge on any atom is -0.386 e. The molecule has 2 aliphatic rings. The molecule has 2 fully saturated rings. The number of nitrogens with zero attached hydrogens (tertiary/aromatic N) is 6. The van der Waals surface area contributed by atoms with Crippen LogP contribution >= 0.6 is 0 Å². The number of fused-ring (bicyclic) bond motifs is 3. The number of hydrogen-bond acceptors (Lipinski definition) is 8. The number of pyridine rings is 2. The normalized spacial score (nSPS) is 17.4. The standard InChI is InChI=1S/C33H42FN9O2/c1-21(39-35)29(36-2)23-19-27-30(37-20-23)25-9-10-28(41-13-15-42(16-14-41)33(44)40(3)4)38-32(25)43(27)31(22-11-17-45-18-12-22)24-7-5-6-8-26(24)34/h5-10,19-20,22,31,36,39H,11-18,35H2,1-4H3/b29-21-/t31-/m0/s1. The maximum atomic E-state index is 15.8. The fraction of sp³-hybridized carbons (Fsp3) is 0.424. The number of halogens is 1. The van der Waals surface area contributed by atoms with Gasteiger partial charge in [-0.3, -0.25) is 10.8 Å². The first kappa shape index (κ1) is 30.6. The molecule has 4 N–H and O–H groups in total. The summed E-state index contributed by atoms with van der Waals surface area (Å²) >= 11 is 0. The van der Waals surface area contributed by atoms with Crippen LogP contribution in [0.2, 0.25) is 0 Å². The van der Waals surface area contributed by atoms with Gasteiger partial charge in [0, 0.05) is 88.9 Å². The van der Waals surface area contributed by atoms with Gasteiger partial charge in [0.2, 0.25) is 0 Å². The van der Waals surface area contributed by atoms with E-state index < -0.39 is 0 Å². The Morgan fingerprint density at radius 3 is 2.51 bits per heavy atom. The summed E-state index contributed by atoms with van der Waals surface area (Å²) in [5.74, 6) is 6.49. The fourth-order valence-electron chi connectivity index (χ4n) is 6.74. The van der Waals surface area contributed by atoms with Crippen LogP contribution in [-0.4, -0.2) is 90.9 Å². The van der Waals surface area contributed by atoms with Gasteiger partial charge < -0.3 is 34.7 Å². The molecule has 0 radical (unpaired) electrons. The number of anilines is 1. The number of hydrogen-bond donors (Lipinski definition) is 3. The van der Waals surface area contributed by atoms with Crippen molar-refractivity contribution >= 4 is 39.6 Å². The third-order valence-corrected chi connectivity index (χ3v) is 9.07. The van der Waals surface area contributed by atoms with Gasteiger partial charge in [0.25, 0.3) is 0 Å². The molecule has 0 spiro atoms. The molecule has 0 aliphatic carbocycles. The van der Waals surface area contributed by atoms with Crippen molar-refractivity contribution in [1.82, 2.24) is 35.1 Å². The van der Waals surface area contributed by atoms with Gasteiger partial charge in [0.15, 0.2) is 0 Å². The van der Waals surface area contributed by atoms with Crippen LogP contribution in [-0.2, 0) is 4.74 Å². The number of nitrogens with two attached hydrogens (primary N) is 1. The zero-order chi connectivity index (χ0) is 31.7. The number of hydrazine groups is 1. The highest BCUT2D eigenvalue weighted by Gasteiger charge is 2.33. The first-order valence-corrected chi connectivity index (χ1v) is 15.5. The van der Waals surface area contributed by atoms with Gasteiger partial charge in [-0.1, -0.05) is 18.2 Å². The highest BCUT2D eigenvalue weighted by Crippen LogP contribution is 2.41. The summed E-state index contributed by atoms with van der Waals surface area (Å²) < 4.78 is 23.7. The van der Waals surface area contributed by atoms with E-state index in [2.05, 4.69) is 32.3 Å². The van der Waals surface area contributed by atoms with Crippen molar-refractivity contribution < 1.29 is 13.9 Å². The largest absolute Gasteiger partial charge is 0.386 e. The number of amides is 2. The van der Waals surface area contributed by atoms with Gasteiger partial charge in [-0.15, -0.1) is 0 Å². The second-order valence-corrected chi connectivity index (χ2v) is 12.0. The minimum atomic E-state index is -0.333. The zero-order valence-corrected chi connectivity index (χ0v) is 26.4. The Labute approximate surface area is 262 Å². The topological polar surface area (TPSA) is 117 Å². The van der Waals surface area contributed by atoms with E-state index in [1.165, 1.54) is 6.07 Å². The maximum absolute atomic E-state index is 15.8. The number of nitrogens with one attached hydrogen (secondary N) is 2. The molecule has 2 saturated heterocycles. The van der Waals surface area contributed by atoms with Gasteiger partial charge in [0.1, 0.15) is 17.3 Å². The lowest BCUT2D eigenvalue weighted by molar-refractivity contribution is 0.0548. The van der Waals surface area contributed by atoms with E-state index in [1.807, 2.05) is 43.3 Å². The third-order valence-electron chi connectivity index (χ3n) is 9.07. The van der Waals surface area contributed by atoms with Crippen LogP contribution in [0.15, 0.2) is 54.4 Å².